The van der Waals surface area contributed by atoms with Crippen molar-refractivity contribution in [2.24, 2.45) is 0 Å². The van der Waals surface area contributed by atoms with E-state index >= 15 is 0 Å². The second kappa shape index (κ2) is 6.55. The molecule has 112 valence electrons. The number of aromatic amines is 1. The lowest BCUT2D eigenvalue weighted by Crippen LogP contribution is -1.93. The van der Waals surface area contributed by atoms with Crippen molar-refractivity contribution in [2.45, 2.75) is 19.8 Å². The minimum atomic E-state index is 0.549. The highest BCUT2D eigenvalue weighted by Gasteiger charge is 2.10. The first-order chi connectivity index (χ1) is 10.6. The zero-order valence-corrected chi connectivity index (χ0v) is 13.7. The third kappa shape index (κ3) is 3.34. The minimum Gasteiger partial charge on any atom is -0.346 e. The van der Waals surface area contributed by atoms with Gasteiger partial charge in [0.1, 0.15) is 5.82 Å². The first-order valence-corrected chi connectivity index (χ1v) is 7.94. The first-order valence-electron chi connectivity index (χ1n) is 7.18. The Morgan fingerprint density at radius 1 is 0.955 bits per heavy atom. The molecule has 0 aliphatic heterocycles. The fraction of sp³-hybridized carbons (Fsp3) is 0.167. The molecule has 1 N–H and O–H groups in total. The van der Waals surface area contributed by atoms with E-state index in [2.05, 4.69) is 29.2 Å². The number of rotatable bonds is 4. The highest BCUT2D eigenvalue weighted by atomic mass is 35.5. The van der Waals surface area contributed by atoms with Crippen LogP contribution in [-0.4, -0.2) is 9.97 Å². The van der Waals surface area contributed by atoms with Gasteiger partial charge in [-0.15, -0.1) is 0 Å². The molecule has 3 rings (SSSR count). The van der Waals surface area contributed by atoms with Gasteiger partial charge in [0.05, 0.1) is 15.7 Å². The zero-order valence-electron chi connectivity index (χ0n) is 12.2. The summed E-state index contributed by atoms with van der Waals surface area (Å²) >= 11 is 12.1. The summed E-state index contributed by atoms with van der Waals surface area (Å²) in [5.74, 6) is 0.988. The molecule has 4 heteroatoms. The van der Waals surface area contributed by atoms with Crippen LogP contribution in [0.4, 0.5) is 0 Å². The van der Waals surface area contributed by atoms with Gasteiger partial charge in [0.2, 0.25) is 0 Å². The van der Waals surface area contributed by atoms with Gasteiger partial charge in [-0.3, -0.25) is 0 Å². The van der Waals surface area contributed by atoms with Crippen LogP contribution in [0.2, 0.25) is 10.0 Å². The van der Waals surface area contributed by atoms with E-state index in [9.17, 15) is 0 Å². The first kappa shape index (κ1) is 15.1. The Hall–Kier alpha value is -1.77. The van der Waals surface area contributed by atoms with Crippen molar-refractivity contribution in [3.63, 3.8) is 0 Å². The maximum atomic E-state index is 6.09. The van der Waals surface area contributed by atoms with Crippen LogP contribution in [0.5, 0.6) is 0 Å². The summed E-state index contributed by atoms with van der Waals surface area (Å²) in [7, 11) is 0. The van der Waals surface area contributed by atoms with Gasteiger partial charge in [-0.25, -0.2) is 4.98 Å². The van der Waals surface area contributed by atoms with E-state index in [0.29, 0.717) is 10.0 Å². The Kier molecular flexibility index (Phi) is 4.51. The molecule has 0 aliphatic rings. The monoisotopic (exact) mass is 330 g/mol. The number of halogens is 2. The van der Waals surface area contributed by atoms with Crippen LogP contribution in [0.1, 0.15) is 17.1 Å². The van der Waals surface area contributed by atoms with Gasteiger partial charge in [0.25, 0.3) is 0 Å². The molecule has 0 spiro atoms. The minimum absolute atomic E-state index is 0.549. The van der Waals surface area contributed by atoms with Crippen molar-refractivity contribution in [3.05, 3.63) is 75.7 Å². The number of aryl methyl sites for hydroxylation is 3. The molecule has 22 heavy (non-hydrogen) atoms. The van der Waals surface area contributed by atoms with Gasteiger partial charge in [-0.2, -0.15) is 0 Å². The van der Waals surface area contributed by atoms with Crippen LogP contribution < -0.4 is 0 Å². The van der Waals surface area contributed by atoms with E-state index in [1.165, 1.54) is 5.56 Å². The number of nitrogens with one attached hydrogen (secondary N) is 1. The molecule has 0 aliphatic carbocycles. The van der Waals surface area contributed by atoms with Gasteiger partial charge in [-0.1, -0.05) is 59.6 Å². The molecule has 0 bridgehead atoms. The molecule has 0 amide bonds. The quantitative estimate of drug-likeness (QED) is 0.674. The topological polar surface area (TPSA) is 28.7 Å². The molecule has 0 fully saturated rings. The average molecular weight is 331 g/mol. The van der Waals surface area contributed by atoms with E-state index in [1.807, 2.05) is 25.1 Å². The number of benzene rings is 2. The Balaban J connectivity index is 1.80. The Labute approximate surface area is 140 Å². The molecule has 0 atom stereocenters. The van der Waals surface area contributed by atoms with Crippen LogP contribution in [-0.2, 0) is 12.8 Å². The maximum absolute atomic E-state index is 6.09. The second-order valence-electron chi connectivity index (χ2n) is 5.27. The summed E-state index contributed by atoms with van der Waals surface area (Å²) < 4.78 is 0. The highest BCUT2D eigenvalue weighted by Crippen LogP contribution is 2.29. The van der Waals surface area contributed by atoms with Crippen LogP contribution in [0.3, 0.4) is 0 Å². The number of aromatic nitrogens is 2. The summed E-state index contributed by atoms with van der Waals surface area (Å²) in [6, 6.07) is 16.0. The lowest BCUT2D eigenvalue weighted by atomic mass is 10.1. The summed E-state index contributed by atoms with van der Waals surface area (Å²) in [5, 5.41) is 1.11. The Bertz CT molecular complexity index is 779. The van der Waals surface area contributed by atoms with Gasteiger partial charge in [0, 0.05) is 17.7 Å². The van der Waals surface area contributed by atoms with Crippen LogP contribution in [0, 0.1) is 6.92 Å². The van der Waals surface area contributed by atoms with E-state index in [0.717, 1.165) is 35.6 Å². The molecule has 0 saturated carbocycles. The molecule has 1 aromatic heterocycles. The fourth-order valence-corrected chi connectivity index (χ4v) is 2.77. The lowest BCUT2D eigenvalue weighted by molar-refractivity contribution is 0.881. The fourth-order valence-electron chi connectivity index (χ4n) is 2.47. The van der Waals surface area contributed by atoms with Gasteiger partial charge < -0.3 is 4.98 Å². The molecular formula is C18H16Cl2N2. The van der Waals surface area contributed by atoms with Crippen molar-refractivity contribution in [1.29, 1.82) is 0 Å². The number of hydrogen-bond donors (Lipinski definition) is 1. The van der Waals surface area contributed by atoms with Gasteiger partial charge >= 0.3 is 0 Å². The zero-order chi connectivity index (χ0) is 15.5. The van der Waals surface area contributed by atoms with Crippen molar-refractivity contribution >= 4 is 23.2 Å². The number of hydrogen-bond acceptors (Lipinski definition) is 1. The standard InChI is InChI=1S/C18H16Cl2N2/c1-12-18(14-8-9-15(19)16(20)11-14)22-17(21-12)10-7-13-5-3-2-4-6-13/h2-6,8-9,11H,7,10H2,1H3,(H,21,22). The lowest BCUT2D eigenvalue weighted by Gasteiger charge is -2.01. The van der Waals surface area contributed by atoms with Gasteiger partial charge in [-0.05, 0) is 31.0 Å². The predicted molar refractivity (Wildman–Crippen MR) is 92.6 cm³/mol. The molecule has 0 unspecified atom stereocenters. The number of nitrogens with zero attached hydrogens (tertiary/aromatic N) is 1. The molecule has 2 nitrogen and oxygen atoms in total. The summed E-state index contributed by atoms with van der Waals surface area (Å²) in [6.45, 7) is 2.02. The molecule has 0 saturated heterocycles. The van der Waals surface area contributed by atoms with Crippen molar-refractivity contribution in [1.82, 2.24) is 9.97 Å². The van der Waals surface area contributed by atoms with Crippen LogP contribution >= 0.6 is 23.2 Å². The molecular weight excluding hydrogens is 315 g/mol. The van der Waals surface area contributed by atoms with E-state index in [-0.39, 0.29) is 0 Å². The molecule has 2 aromatic carbocycles. The smallest absolute Gasteiger partial charge is 0.107 e. The SMILES string of the molecule is Cc1[nH]c(CCc2ccccc2)nc1-c1ccc(Cl)c(Cl)c1. The average Bonchev–Trinajstić information content (AvgIpc) is 2.90. The molecule has 1 heterocycles. The van der Waals surface area contributed by atoms with E-state index < -0.39 is 0 Å². The van der Waals surface area contributed by atoms with E-state index in [4.69, 9.17) is 28.2 Å². The predicted octanol–water partition coefficient (Wildman–Crippen LogP) is 5.48. The number of H-pyrrole nitrogens is 1. The summed E-state index contributed by atoms with van der Waals surface area (Å²) in [4.78, 5) is 8.07. The van der Waals surface area contributed by atoms with Crippen molar-refractivity contribution < 1.29 is 0 Å². The van der Waals surface area contributed by atoms with Gasteiger partial charge in [0.15, 0.2) is 0 Å². The molecule has 3 aromatic rings. The summed E-state index contributed by atoms with van der Waals surface area (Å²) in [5.41, 5.74) is 4.27. The Morgan fingerprint density at radius 2 is 1.73 bits per heavy atom. The highest BCUT2D eigenvalue weighted by molar-refractivity contribution is 6.42. The van der Waals surface area contributed by atoms with Crippen molar-refractivity contribution in [2.75, 3.05) is 0 Å². The largest absolute Gasteiger partial charge is 0.346 e. The van der Waals surface area contributed by atoms with E-state index in [1.54, 1.807) is 6.07 Å². The van der Waals surface area contributed by atoms with Crippen LogP contribution in [0.25, 0.3) is 11.3 Å². The number of imidazole rings is 1. The third-order valence-corrected chi connectivity index (χ3v) is 4.36. The van der Waals surface area contributed by atoms with Crippen LogP contribution in [0.15, 0.2) is 48.5 Å². The maximum Gasteiger partial charge on any atom is 0.107 e. The summed E-state index contributed by atoms with van der Waals surface area (Å²) in [6.07, 6.45) is 1.85. The third-order valence-electron chi connectivity index (χ3n) is 3.62. The second-order valence-corrected chi connectivity index (χ2v) is 6.09. The normalized spacial score (nSPS) is 10.9. The van der Waals surface area contributed by atoms with Crippen molar-refractivity contribution in [3.8, 4) is 11.3 Å². The Morgan fingerprint density at radius 3 is 2.45 bits per heavy atom. The molecule has 0 radical (unpaired) electrons.